The van der Waals surface area contributed by atoms with E-state index in [1.54, 1.807) is 60.7 Å². The third-order valence-electron chi connectivity index (χ3n) is 20.2. The Kier molecular flexibility index (Phi) is 14.6. The Morgan fingerprint density at radius 2 is 0.544 bits per heavy atom. The molecule has 6 aliphatic rings. The molecule has 7 heteroatoms. The minimum atomic E-state index is -0.495. The maximum absolute atomic E-state index is 10.1. The summed E-state index contributed by atoms with van der Waals surface area (Å²) in [4.78, 5) is 0. The van der Waals surface area contributed by atoms with E-state index in [1.165, 1.54) is 74.9 Å². The first-order valence-corrected chi connectivity index (χ1v) is 31.3. The average Bonchev–Trinajstić information content (AvgIpc) is 1.52. The lowest BCUT2D eigenvalue weighted by atomic mass is 9.54. The highest BCUT2D eigenvalue weighted by Gasteiger charge is 2.50. The van der Waals surface area contributed by atoms with Gasteiger partial charge < -0.3 is 35.7 Å². The molecule has 4 saturated carbocycles. The predicted octanol–water partition coefficient (Wildman–Crippen LogP) is 18.6. The molecule has 6 aliphatic carbocycles. The van der Waals surface area contributed by atoms with Gasteiger partial charge in [0.1, 0.15) is 34.5 Å². The van der Waals surface area contributed by atoms with Gasteiger partial charge in [0.05, 0.1) is 16.4 Å². The summed E-state index contributed by atoms with van der Waals surface area (Å²) in [6.45, 7) is 4.23. The number of aromatic hydroxyl groups is 6. The molecule has 12 aromatic carbocycles. The Hall–Kier alpha value is -10.1. The summed E-state index contributed by atoms with van der Waals surface area (Å²) < 4.78 is 0. The number of hydrogen-bond donors (Lipinski definition) is 7. The number of rotatable bonds is 6. The number of phenolic OH excluding ortho intramolecular Hbond substituents is 6. The van der Waals surface area contributed by atoms with Crippen LogP contribution in [-0.2, 0) is 16.2 Å². The van der Waals surface area contributed by atoms with Gasteiger partial charge in [-0.3, -0.25) is 0 Å². The van der Waals surface area contributed by atoms with Gasteiger partial charge in [-0.15, -0.1) is 0 Å². The molecule has 0 amide bonds. The van der Waals surface area contributed by atoms with Crippen molar-refractivity contribution in [1.82, 2.24) is 0 Å². The van der Waals surface area contributed by atoms with Crippen molar-refractivity contribution in [2.45, 2.75) is 74.2 Å². The van der Waals surface area contributed by atoms with Crippen LogP contribution in [0.25, 0.3) is 43.8 Å². The molecular weight excluding hydrogens is 1110 g/mol. The van der Waals surface area contributed by atoms with Gasteiger partial charge in [-0.2, -0.15) is 0 Å². The van der Waals surface area contributed by atoms with Crippen LogP contribution in [0.1, 0.15) is 108 Å². The first-order valence-electron chi connectivity index (χ1n) is 31.3. The molecule has 4 bridgehead atoms. The molecule has 0 unspecified atom stereocenters. The fourth-order valence-electron chi connectivity index (χ4n) is 16.4. The molecule has 0 aromatic heterocycles. The number of fused-ring (bicyclic) bond motifs is 8. The van der Waals surface area contributed by atoms with Gasteiger partial charge in [0.15, 0.2) is 0 Å². The molecule has 4 fully saturated rings. The summed E-state index contributed by atoms with van der Waals surface area (Å²) in [5.41, 5.74) is 15.3. The second kappa shape index (κ2) is 22.8. The highest BCUT2D eigenvalue weighted by molar-refractivity contribution is 5.92. The molecule has 0 radical (unpaired) electrons. The first kappa shape index (κ1) is 57.7. The monoisotopic (exact) mass is 1180 g/mol. The summed E-state index contributed by atoms with van der Waals surface area (Å²) in [5.74, 6) is 4.27. The van der Waals surface area contributed by atoms with E-state index in [1.807, 2.05) is 72.8 Å². The van der Waals surface area contributed by atoms with Crippen LogP contribution in [0.2, 0.25) is 0 Å². The zero-order valence-electron chi connectivity index (χ0n) is 50.5. The largest absolute Gasteiger partial charge is 0.508 e. The quantitative estimate of drug-likeness (QED) is 0.0879. The molecule has 446 valence electrons. The molecule has 7 nitrogen and oxygen atoms in total. The van der Waals surface area contributed by atoms with E-state index in [9.17, 15) is 35.7 Å². The van der Waals surface area contributed by atoms with Gasteiger partial charge in [0.25, 0.3) is 0 Å². The van der Waals surface area contributed by atoms with Crippen LogP contribution in [0.4, 0.5) is 0 Å². The number of aliphatic hydroxyl groups is 1. The third kappa shape index (κ3) is 10.2. The molecule has 0 atom stereocenters. The second-order valence-corrected chi connectivity index (χ2v) is 26.1. The van der Waals surface area contributed by atoms with Crippen molar-refractivity contribution in [3.63, 3.8) is 0 Å². The van der Waals surface area contributed by atoms with Gasteiger partial charge in [-0.25, -0.2) is 0 Å². The average molecular weight is 1180 g/mol. The van der Waals surface area contributed by atoms with Gasteiger partial charge >= 0.3 is 0 Å². The van der Waals surface area contributed by atoms with E-state index in [4.69, 9.17) is 0 Å². The summed E-state index contributed by atoms with van der Waals surface area (Å²) >= 11 is 0. The molecule has 7 N–H and O–H groups in total. The lowest BCUT2D eigenvalue weighted by Crippen LogP contribution is -2.50. The Bertz CT molecular complexity index is 4310. The summed E-state index contributed by atoms with van der Waals surface area (Å²) in [5, 5.41) is 72.6. The molecule has 0 heterocycles. The zero-order valence-corrected chi connectivity index (χ0v) is 50.5. The lowest BCUT2D eigenvalue weighted by molar-refractivity contribution is -0.124. The van der Waals surface area contributed by atoms with Crippen molar-refractivity contribution < 1.29 is 35.7 Å². The maximum atomic E-state index is 10.1. The molecule has 0 saturated heterocycles. The molecule has 0 aliphatic heterocycles. The number of benzene rings is 12. The van der Waals surface area contributed by atoms with Crippen LogP contribution in [0.15, 0.2) is 267 Å². The summed E-state index contributed by atoms with van der Waals surface area (Å²) in [6, 6.07) is 87.9. The van der Waals surface area contributed by atoms with E-state index in [-0.39, 0.29) is 45.5 Å². The van der Waals surface area contributed by atoms with E-state index in [2.05, 4.69) is 147 Å². The minimum Gasteiger partial charge on any atom is -0.508 e. The number of phenols is 6. The van der Waals surface area contributed by atoms with E-state index in [0.717, 1.165) is 80.8 Å². The van der Waals surface area contributed by atoms with Crippen molar-refractivity contribution in [1.29, 1.82) is 0 Å². The van der Waals surface area contributed by atoms with Crippen molar-refractivity contribution in [3.8, 4) is 56.8 Å². The van der Waals surface area contributed by atoms with E-state index < -0.39 is 10.8 Å². The Balaban J connectivity index is 0.000000113. The number of hydrogen-bond acceptors (Lipinski definition) is 7. The Labute approximate surface area is 525 Å². The van der Waals surface area contributed by atoms with Crippen LogP contribution in [0.5, 0.6) is 34.5 Å². The van der Waals surface area contributed by atoms with Crippen LogP contribution < -0.4 is 0 Å². The second-order valence-electron chi connectivity index (χ2n) is 26.1. The first-order chi connectivity index (χ1) is 43.6. The highest BCUT2D eigenvalue weighted by Crippen LogP contribution is 2.59. The topological polar surface area (TPSA) is 142 Å². The van der Waals surface area contributed by atoms with Crippen LogP contribution in [0.3, 0.4) is 0 Å². The normalized spacial score (nSPS) is 18.9. The molecular formula is C83H72O7. The van der Waals surface area contributed by atoms with Gasteiger partial charge in [0, 0.05) is 5.41 Å². The van der Waals surface area contributed by atoms with Crippen molar-refractivity contribution in [3.05, 3.63) is 323 Å². The fraction of sp³-hybridized carbons (Fsp3) is 0.181. The van der Waals surface area contributed by atoms with Gasteiger partial charge in [0.2, 0.25) is 0 Å². The lowest BCUT2D eigenvalue weighted by Gasteiger charge is -2.54. The zero-order chi connectivity index (χ0) is 61.9. The predicted molar refractivity (Wildman–Crippen MR) is 361 cm³/mol. The molecule has 90 heavy (non-hydrogen) atoms. The fourth-order valence-corrected chi connectivity index (χ4v) is 16.4. The standard InChI is InChI=1S/C33H22O2.C25H18O2.C15H16O2.C10H16O/c34-27-15-11-21-17-25(13-9-23(21)19-27)33(26-14-10-24-20-28(35)16-12-22(24)18-26)31-7-3-1-5-29(31)30-6-2-4-8-32(30)33;26-19-13-9-17(10-14-19)25(18-11-15-20(27)16-12-18)23-7-3-1-5-21(23)22-6-2-4-8-24(22)25;1-15(2,11-3-7-13(16)8-4-11)12-5-9-14(17)10-6-12;11-10-4-7-1-8(5-10)3-9(2-7)6-10/h1-20,34-35H;1-16,26-27H;3-10,16-17H,1-2H3;7-9,11H,1-6H2. The third-order valence-corrected chi connectivity index (χ3v) is 20.2. The molecule has 12 aromatic rings. The highest BCUT2D eigenvalue weighted by atomic mass is 16.3. The maximum Gasteiger partial charge on any atom is 0.116 e. The summed E-state index contributed by atoms with van der Waals surface area (Å²) in [7, 11) is 0. The smallest absolute Gasteiger partial charge is 0.116 e. The van der Waals surface area contributed by atoms with Crippen molar-refractivity contribution in [2.24, 2.45) is 17.8 Å². The van der Waals surface area contributed by atoms with Crippen LogP contribution in [-0.4, -0.2) is 41.3 Å². The molecule has 18 rings (SSSR count). The van der Waals surface area contributed by atoms with E-state index in [0.29, 0.717) is 0 Å². The van der Waals surface area contributed by atoms with Crippen LogP contribution in [0, 0.1) is 17.8 Å². The SMILES string of the molecule is CC(C)(c1ccc(O)cc1)c1ccc(O)cc1.OC12CC3CC(CC(C3)C1)C2.Oc1ccc(C2(c3ccc(O)cc3)c3ccccc3-c3ccccc32)cc1.Oc1ccc2cc(C3(c4ccc5cc(O)ccc5c4)c4ccccc4-c4ccccc43)ccc2c1. The minimum absolute atomic E-state index is 0.151. The Morgan fingerprint density at radius 1 is 0.289 bits per heavy atom. The van der Waals surface area contributed by atoms with Crippen molar-refractivity contribution >= 4 is 21.5 Å². The van der Waals surface area contributed by atoms with Crippen LogP contribution >= 0.6 is 0 Å². The van der Waals surface area contributed by atoms with Crippen molar-refractivity contribution in [2.75, 3.05) is 0 Å². The van der Waals surface area contributed by atoms with Gasteiger partial charge in [-0.05, 0) is 241 Å². The Morgan fingerprint density at radius 3 is 0.867 bits per heavy atom. The molecule has 0 spiro atoms. The van der Waals surface area contributed by atoms with Gasteiger partial charge in [-0.1, -0.05) is 196 Å². The van der Waals surface area contributed by atoms with E-state index >= 15 is 0 Å². The summed E-state index contributed by atoms with van der Waals surface area (Å²) in [6.07, 6.45) is 7.66.